The first kappa shape index (κ1) is 20.3. The van der Waals surface area contributed by atoms with Crippen LogP contribution in [0, 0.1) is 18.3 Å². The number of benzene rings is 1. The molecule has 0 saturated heterocycles. The third-order valence-corrected chi connectivity index (χ3v) is 5.35. The Morgan fingerprint density at radius 2 is 2.16 bits per heavy atom. The lowest BCUT2D eigenvalue weighted by Gasteiger charge is -2.06. The van der Waals surface area contributed by atoms with Crippen molar-refractivity contribution in [2.45, 2.75) is 13.5 Å². The molecule has 0 aliphatic carbocycles. The number of aromatic nitrogens is 5. The number of nitrogens with one attached hydrogen (secondary N) is 1. The van der Waals surface area contributed by atoms with E-state index in [9.17, 15) is 14.9 Å². The van der Waals surface area contributed by atoms with Gasteiger partial charge in [-0.2, -0.15) is 14.9 Å². The third kappa shape index (κ3) is 4.80. The van der Waals surface area contributed by atoms with Crippen LogP contribution >= 0.6 is 22.7 Å². The van der Waals surface area contributed by atoms with Gasteiger partial charge in [0.05, 0.1) is 5.69 Å². The monoisotopic (exact) mass is 451 g/mol. The van der Waals surface area contributed by atoms with Crippen molar-refractivity contribution < 1.29 is 9.53 Å². The van der Waals surface area contributed by atoms with Crippen molar-refractivity contribution in [1.29, 1.82) is 5.26 Å². The molecule has 154 valence electrons. The first-order valence-corrected chi connectivity index (χ1v) is 10.5. The minimum Gasteiger partial charge on any atom is -0.487 e. The van der Waals surface area contributed by atoms with Gasteiger partial charge >= 0.3 is 0 Å². The van der Waals surface area contributed by atoms with Gasteiger partial charge in [0.2, 0.25) is 10.1 Å². The molecule has 10 nitrogen and oxygen atoms in total. The van der Waals surface area contributed by atoms with Crippen LogP contribution in [0.5, 0.6) is 5.75 Å². The average molecular weight is 451 g/mol. The molecule has 0 spiro atoms. The van der Waals surface area contributed by atoms with E-state index < -0.39 is 5.91 Å². The number of rotatable bonds is 6. The predicted octanol–water partition coefficient (Wildman–Crippen LogP) is 2.44. The molecule has 0 saturated carbocycles. The lowest BCUT2D eigenvalue weighted by atomic mass is 10.1. The zero-order valence-electron chi connectivity index (χ0n) is 16.0. The van der Waals surface area contributed by atoms with Crippen molar-refractivity contribution in [3.8, 4) is 11.8 Å². The summed E-state index contributed by atoms with van der Waals surface area (Å²) in [5.41, 5.74) is 2.30. The van der Waals surface area contributed by atoms with E-state index in [-0.39, 0.29) is 17.7 Å². The van der Waals surface area contributed by atoms with Crippen LogP contribution in [0.25, 0.3) is 11.0 Å². The standard InChI is InChI=1S/C19H13N7O3S2/c1-11-25-26-16(27)7-14(22-19(26)31-11)9-29-15-4-2-12(3-5-15)6-13(8-20)17(28)23-18-24-21-10-30-18/h2-7,10H,9H2,1H3,(H,23,24,28)/b13-6-. The van der Waals surface area contributed by atoms with E-state index in [4.69, 9.17) is 4.74 Å². The summed E-state index contributed by atoms with van der Waals surface area (Å²) in [6.07, 6.45) is 1.46. The first-order chi connectivity index (χ1) is 15.0. The third-order valence-electron chi connectivity index (χ3n) is 3.92. The summed E-state index contributed by atoms with van der Waals surface area (Å²) < 4.78 is 6.96. The molecule has 1 aromatic carbocycles. The van der Waals surface area contributed by atoms with Crippen LogP contribution in [0.4, 0.5) is 5.13 Å². The van der Waals surface area contributed by atoms with E-state index in [1.54, 1.807) is 24.3 Å². The first-order valence-electron chi connectivity index (χ1n) is 8.80. The molecule has 0 bridgehead atoms. The van der Waals surface area contributed by atoms with Gasteiger partial charge in [0.25, 0.3) is 11.5 Å². The van der Waals surface area contributed by atoms with Crippen molar-refractivity contribution in [3.63, 3.8) is 0 Å². The number of nitrogens with zero attached hydrogens (tertiary/aromatic N) is 6. The van der Waals surface area contributed by atoms with Gasteiger partial charge in [-0.05, 0) is 30.7 Å². The number of hydrogen-bond acceptors (Lipinski definition) is 10. The molecule has 31 heavy (non-hydrogen) atoms. The molecule has 0 aliphatic rings. The van der Waals surface area contributed by atoms with E-state index in [1.807, 2.05) is 13.0 Å². The Hall–Kier alpha value is -3.95. The molecule has 1 amide bonds. The van der Waals surface area contributed by atoms with E-state index in [0.717, 1.165) is 16.3 Å². The van der Waals surface area contributed by atoms with Crippen LogP contribution in [-0.4, -0.2) is 30.7 Å². The molecular weight excluding hydrogens is 438 g/mol. The van der Waals surface area contributed by atoms with Crippen LogP contribution in [0.3, 0.4) is 0 Å². The number of nitriles is 1. The van der Waals surface area contributed by atoms with Gasteiger partial charge in [-0.3, -0.25) is 14.9 Å². The highest BCUT2D eigenvalue weighted by Crippen LogP contribution is 2.17. The van der Waals surface area contributed by atoms with E-state index in [1.165, 1.54) is 33.5 Å². The number of carbonyl (C=O) groups excluding carboxylic acids is 1. The molecule has 4 rings (SSSR count). The van der Waals surface area contributed by atoms with Gasteiger partial charge in [-0.25, -0.2) is 4.98 Å². The quantitative estimate of drug-likeness (QED) is 0.349. The van der Waals surface area contributed by atoms with Gasteiger partial charge in [0.15, 0.2) is 0 Å². The Kier molecular flexibility index (Phi) is 5.78. The summed E-state index contributed by atoms with van der Waals surface area (Å²) >= 11 is 2.49. The Balaban J connectivity index is 1.43. The lowest BCUT2D eigenvalue weighted by molar-refractivity contribution is -0.112. The van der Waals surface area contributed by atoms with Gasteiger partial charge in [-0.15, -0.1) is 10.2 Å². The van der Waals surface area contributed by atoms with Crippen molar-refractivity contribution in [1.82, 2.24) is 24.8 Å². The van der Waals surface area contributed by atoms with Crippen LogP contribution in [0.1, 0.15) is 16.3 Å². The fourth-order valence-corrected chi connectivity index (χ4v) is 3.76. The summed E-state index contributed by atoms with van der Waals surface area (Å²) in [7, 11) is 0. The maximum Gasteiger partial charge on any atom is 0.275 e. The van der Waals surface area contributed by atoms with Crippen molar-refractivity contribution in [3.05, 3.63) is 68.0 Å². The highest BCUT2D eigenvalue weighted by Gasteiger charge is 2.11. The maximum atomic E-state index is 12.2. The average Bonchev–Trinajstić information content (AvgIpc) is 3.40. The number of ether oxygens (including phenoxy) is 1. The molecule has 0 unspecified atom stereocenters. The molecule has 0 radical (unpaired) electrons. The molecular formula is C19H13N7O3S2. The molecule has 0 atom stereocenters. The Labute approximate surface area is 183 Å². The second kappa shape index (κ2) is 8.82. The summed E-state index contributed by atoms with van der Waals surface area (Å²) in [4.78, 5) is 29.2. The number of anilines is 1. The van der Waals surface area contributed by atoms with Crippen LogP contribution < -0.4 is 15.6 Å². The Bertz CT molecular complexity index is 1370. The van der Waals surface area contributed by atoms with Crippen molar-refractivity contribution in [2.24, 2.45) is 0 Å². The summed E-state index contributed by atoms with van der Waals surface area (Å²) in [5.74, 6) is -0.0120. The number of carbonyl (C=O) groups is 1. The summed E-state index contributed by atoms with van der Waals surface area (Å²) in [6.45, 7) is 1.92. The lowest BCUT2D eigenvalue weighted by Crippen LogP contribution is -2.16. The maximum absolute atomic E-state index is 12.2. The van der Waals surface area contributed by atoms with Gasteiger partial charge in [-0.1, -0.05) is 34.8 Å². The van der Waals surface area contributed by atoms with Gasteiger partial charge in [0.1, 0.15) is 34.5 Å². The fraction of sp³-hybridized carbons (Fsp3) is 0.105. The van der Waals surface area contributed by atoms with Crippen molar-refractivity contribution >= 4 is 44.7 Å². The molecule has 0 aliphatic heterocycles. The van der Waals surface area contributed by atoms with Crippen molar-refractivity contribution in [2.75, 3.05) is 5.32 Å². The zero-order chi connectivity index (χ0) is 21.8. The second-order valence-electron chi connectivity index (χ2n) is 6.13. The van der Waals surface area contributed by atoms with E-state index in [0.29, 0.717) is 27.1 Å². The summed E-state index contributed by atoms with van der Waals surface area (Å²) in [5, 5.41) is 24.3. The molecule has 12 heteroatoms. The fourth-order valence-electron chi connectivity index (χ4n) is 2.55. The number of aryl methyl sites for hydroxylation is 1. The van der Waals surface area contributed by atoms with Gasteiger partial charge in [0, 0.05) is 6.07 Å². The predicted molar refractivity (Wildman–Crippen MR) is 115 cm³/mol. The van der Waals surface area contributed by atoms with E-state index >= 15 is 0 Å². The molecule has 4 aromatic rings. The Morgan fingerprint density at radius 1 is 1.35 bits per heavy atom. The number of fused-ring (bicyclic) bond motifs is 1. The highest BCUT2D eigenvalue weighted by molar-refractivity contribution is 7.16. The number of hydrogen-bond donors (Lipinski definition) is 1. The largest absolute Gasteiger partial charge is 0.487 e. The molecule has 1 N–H and O–H groups in total. The van der Waals surface area contributed by atoms with Gasteiger partial charge < -0.3 is 4.74 Å². The molecule has 0 fully saturated rings. The normalized spacial score (nSPS) is 11.3. The number of amides is 1. The molecule has 3 aromatic heterocycles. The van der Waals surface area contributed by atoms with E-state index in [2.05, 4.69) is 25.6 Å². The summed E-state index contributed by atoms with van der Waals surface area (Å²) in [6, 6.07) is 10.1. The SMILES string of the molecule is Cc1nn2c(=O)cc(COc3ccc(/C=C(/C#N)C(=O)Nc4nncs4)cc3)nc2s1. The topological polar surface area (TPSA) is 135 Å². The zero-order valence-corrected chi connectivity index (χ0v) is 17.6. The minimum atomic E-state index is -0.564. The van der Waals surface area contributed by atoms with Crippen LogP contribution in [-0.2, 0) is 11.4 Å². The Morgan fingerprint density at radius 3 is 2.87 bits per heavy atom. The minimum absolute atomic E-state index is 0.0679. The smallest absolute Gasteiger partial charge is 0.275 e. The van der Waals surface area contributed by atoms with Crippen LogP contribution in [0.15, 0.2) is 46.2 Å². The molecule has 3 heterocycles. The highest BCUT2D eigenvalue weighted by atomic mass is 32.1. The van der Waals surface area contributed by atoms with Crippen LogP contribution in [0.2, 0.25) is 0 Å². The second-order valence-corrected chi connectivity index (χ2v) is 8.12.